The minimum Gasteiger partial charge on any atom is -0.459 e. The molecule has 1 heterocycles. The number of rotatable bonds is 5. The van der Waals surface area contributed by atoms with Crippen molar-refractivity contribution in [2.45, 2.75) is 51.1 Å². The predicted molar refractivity (Wildman–Crippen MR) is 81.2 cm³/mol. The third kappa shape index (κ3) is 4.34. The van der Waals surface area contributed by atoms with Gasteiger partial charge in [0.2, 0.25) is 5.91 Å². The molecular formula is C16H24N2O4. The maximum Gasteiger partial charge on any atom is 0.287 e. The van der Waals surface area contributed by atoms with Crippen LogP contribution in [0.3, 0.4) is 0 Å². The summed E-state index contributed by atoms with van der Waals surface area (Å²) in [4.78, 5) is 24.1. The van der Waals surface area contributed by atoms with Crippen molar-refractivity contribution in [1.82, 2.24) is 10.6 Å². The van der Waals surface area contributed by atoms with Crippen LogP contribution in [0.25, 0.3) is 0 Å². The average molecular weight is 308 g/mol. The highest BCUT2D eigenvalue weighted by Gasteiger charge is 2.27. The van der Waals surface area contributed by atoms with Crippen molar-refractivity contribution in [2.75, 3.05) is 6.61 Å². The summed E-state index contributed by atoms with van der Waals surface area (Å²) in [6, 6.07) is 2.49. The fraction of sp³-hybridized carbons (Fsp3) is 0.625. The largest absolute Gasteiger partial charge is 0.459 e. The zero-order valence-corrected chi connectivity index (χ0v) is 12.9. The second-order valence-electron chi connectivity index (χ2n) is 5.87. The molecule has 122 valence electrons. The molecular weight excluding hydrogens is 284 g/mol. The number of hydrogen-bond acceptors (Lipinski definition) is 4. The van der Waals surface area contributed by atoms with E-state index >= 15 is 0 Å². The van der Waals surface area contributed by atoms with Crippen molar-refractivity contribution in [1.29, 1.82) is 0 Å². The molecule has 3 unspecified atom stereocenters. The normalized spacial score (nSPS) is 23.4. The molecule has 0 spiro atoms. The molecule has 22 heavy (non-hydrogen) atoms. The topological polar surface area (TPSA) is 91.6 Å². The van der Waals surface area contributed by atoms with E-state index in [9.17, 15) is 14.7 Å². The standard InChI is InChI=1S/C16H24N2O4/c1-11(17-16(21)14-8-5-9-22-14)15(20)18-13-7-4-2-3-6-12(13)10-19/h5,8-9,11-13,19H,2-4,6-7,10H2,1H3,(H,17,21)(H,18,20). The molecule has 6 heteroatoms. The third-order valence-corrected chi connectivity index (χ3v) is 4.21. The number of amides is 2. The number of hydrogen-bond donors (Lipinski definition) is 3. The van der Waals surface area contributed by atoms with Gasteiger partial charge in [-0.15, -0.1) is 0 Å². The summed E-state index contributed by atoms with van der Waals surface area (Å²) in [6.07, 6.45) is 6.48. The van der Waals surface area contributed by atoms with Gasteiger partial charge in [-0.05, 0) is 31.9 Å². The van der Waals surface area contributed by atoms with Gasteiger partial charge >= 0.3 is 0 Å². The Morgan fingerprint density at radius 3 is 2.82 bits per heavy atom. The van der Waals surface area contributed by atoms with Gasteiger partial charge in [0.25, 0.3) is 5.91 Å². The fourth-order valence-corrected chi connectivity index (χ4v) is 2.84. The second-order valence-corrected chi connectivity index (χ2v) is 5.87. The highest BCUT2D eigenvalue weighted by Crippen LogP contribution is 2.23. The summed E-state index contributed by atoms with van der Waals surface area (Å²) < 4.78 is 5.00. The first kappa shape index (κ1) is 16.5. The minimum atomic E-state index is -0.653. The Balaban J connectivity index is 1.88. The molecule has 6 nitrogen and oxygen atoms in total. The molecule has 0 saturated heterocycles. The molecule has 1 saturated carbocycles. The Morgan fingerprint density at radius 2 is 2.14 bits per heavy atom. The highest BCUT2D eigenvalue weighted by molar-refractivity contribution is 5.95. The Morgan fingerprint density at radius 1 is 1.36 bits per heavy atom. The van der Waals surface area contributed by atoms with Crippen LogP contribution >= 0.6 is 0 Å². The molecule has 0 radical (unpaired) electrons. The smallest absolute Gasteiger partial charge is 0.287 e. The van der Waals surface area contributed by atoms with Gasteiger partial charge in [0.1, 0.15) is 6.04 Å². The second kappa shape index (κ2) is 7.98. The Bertz CT molecular complexity index is 486. The first-order valence-corrected chi connectivity index (χ1v) is 7.87. The summed E-state index contributed by atoms with van der Waals surface area (Å²) in [6.45, 7) is 1.72. The van der Waals surface area contributed by atoms with Gasteiger partial charge in [0.15, 0.2) is 5.76 Å². The summed E-state index contributed by atoms with van der Waals surface area (Å²) in [5.74, 6) is -0.362. The SMILES string of the molecule is CC(NC(=O)c1ccco1)C(=O)NC1CCCCCC1CO. The third-order valence-electron chi connectivity index (χ3n) is 4.21. The number of aliphatic hydroxyl groups is 1. The summed E-state index contributed by atoms with van der Waals surface area (Å²) >= 11 is 0. The van der Waals surface area contributed by atoms with E-state index < -0.39 is 11.9 Å². The monoisotopic (exact) mass is 308 g/mol. The molecule has 2 amide bonds. The lowest BCUT2D eigenvalue weighted by molar-refractivity contribution is -0.123. The number of nitrogens with one attached hydrogen (secondary N) is 2. The van der Waals surface area contributed by atoms with E-state index in [0.717, 1.165) is 32.1 Å². The molecule has 1 fully saturated rings. The van der Waals surface area contributed by atoms with Crippen LogP contribution in [-0.2, 0) is 4.79 Å². The Labute approximate surface area is 130 Å². The summed E-state index contributed by atoms with van der Waals surface area (Å²) in [5, 5.41) is 15.1. The van der Waals surface area contributed by atoms with Crippen LogP contribution in [0.5, 0.6) is 0 Å². The van der Waals surface area contributed by atoms with Gasteiger partial charge in [0, 0.05) is 18.6 Å². The number of aliphatic hydroxyl groups excluding tert-OH is 1. The summed E-state index contributed by atoms with van der Waals surface area (Å²) in [7, 11) is 0. The van der Waals surface area contributed by atoms with Gasteiger partial charge in [-0.2, -0.15) is 0 Å². The van der Waals surface area contributed by atoms with Crippen molar-refractivity contribution in [2.24, 2.45) is 5.92 Å². The molecule has 0 bridgehead atoms. The maximum absolute atomic E-state index is 12.3. The van der Waals surface area contributed by atoms with Gasteiger partial charge in [-0.25, -0.2) is 0 Å². The molecule has 1 aromatic heterocycles. The van der Waals surface area contributed by atoms with E-state index in [1.54, 1.807) is 19.1 Å². The lowest BCUT2D eigenvalue weighted by Gasteiger charge is -2.26. The molecule has 1 aliphatic carbocycles. The zero-order valence-electron chi connectivity index (χ0n) is 12.9. The lowest BCUT2D eigenvalue weighted by Crippen LogP contribution is -2.50. The first-order chi connectivity index (χ1) is 10.6. The van der Waals surface area contributed by atoms with Crippen LogP contribution < -0.4 is 10.6 Å². The molecule has 0 aliphatic heterocycles. The van der Waals surface area contributed by atoms with Gasteiger partial charge in [-0.3, -0.25) is 9.59 Å². The molecule has 3 N–H and O–H groups in total. The number of carbonyl (C=O) groups is 2. The van der Waals surface area contributed by atoms with Gasteiger partial charge < -0.3 is 20.2 Å². The van der Waals surface area contributed by atoms with Gasteiger partial charge in [0.05, 0.1) is 6.26 Å². The van der Waals surface area contributed by atoms with Crippen LogP contribution in [0, 0.1) is 5.92 Å². The summed E-state index contributed by atoms with van der Waals surface area (Å²) in [5.41, 5.74) is 0. The lowest BCUT2D eigenvalue weighted by atomic mass is 9.95. The van der Waals surface area contributed by atoms with E-state index in [1.807, 2.05) is 0 Å². The van der Waals surface area contributed by atoms with E-state index in [0.29, 0.717) is 0 Å². The molecule has 0 aromatic carbocycles. The molecule has 1 aliphatic rings. The number of furan rings is 1. The quantitative estimate of drug-likeness (QED) is 0.718. The predicted octanol–water partition coefficient (Wildman–Crippen LogP) is 1.46. The molecule has 1 aromatic rings. The van der Waals surface area contributed by atoms with Crippen molar-refractivity contribution in [3.63, 3.8) is 0 Å². The van der Waals surface area contributed by atoms with Gasteiger partial charge in [-0.1, -0.05) is 19.3 Å². The van der Waals surface area contributed by atoms with E-state index in [4.69, 9.17) is 4.42 Å². The van der Waals surface area contributed by atoms with E-state index in [2.05, 4.69) is 10.6 Å². The van der Waals surface area contributed by atoms with Crippen LogP contribution in [-0.4, -0.2) is 35.6 Å². The van der Waals surface area contributed by atoms with E-state index in [1.165, 1.54) is 6.26 Å². The highest BCUT2D eigenvalue weighted by atomic mass is 16.3. The first-order valence-electron chi connectivity index (χ1n) is 7.87. The minimum absolute atomic E-state index is 0.0250. The zero-order chi connectivity index (χ0) is 15.9. The van der Waals surface area contributed by atoms with Crippen LogP contribution in [0.1, 0.15) is 49.6 Å². The molecule has 3 atom stereocenters. The van der Waals surface area contributed by atoms with Crippen LogP contribution in [0.4, 0.5) is 0 Å². The average Bonchev–Trinajstić information content (AvgIpc) is 2.95. The maximum atomic E-state index is 12.3. The van der Waals surface area contributed by atoms with Crippen LogP contribution in [0.15, 0.2) is 22.8 Å². The van der Waals surface area contributed by atoms with Crippen molar-refractivity contribution in [3.8, 4) is 0 Å². The van der Waals surface area contributed by atoms with Crippen molar-refractivity contribution < 1.29 is 19.1 Å². The van der Waals surface area contributed by atoms with E-state index in [-0.39, 0.29) is 30.2 Å². The molecule has 2 rings (SSSR count). The van der Waals surface area contributed by atoms with Crippen LogP contribution in [0.2, 0.25) is 0 Å². The Hall–Kier alpha value is -1.82. The fourth-order valence-electron chi connectivity index (χ4n) is 2.84. The Kier molecular flexibility index (Phi) is 6.00. The number of carbonyl (C=O) groups excluding carboxylic acids is 2. The van der Waals surface area contributed by atoms with Crippen molar-refractivity contribution in [3.05, 3.63) is 24.2 Å². The van der Waals surface area contributed by atoms with Crippen molar-refractivity contribution >= 4 is 11.8 Å².